The maximum absolute atomic E-state index is 13.1. The van der Waals surface area contributed by atoms with E-state index in [2.05, 4.69) is 12.2 Å². The molecule has 0 bridgehead atoms. The van der Waals surface area contributed by atoms with Gasteiger partial charge in [-0.2, -0.15) is 0 Å². The smallest absolute Gasteiger partial charge is 0.335 e. The summed E-state index contributed by atoms with van der Waals surface area (Å²) in [5.41, 5.74) is 5.76. The minimum Gasteiger partial charge on any atom is -0.478 e. The first-order valence-corrected chi connectivity index (χ1v) is 14.8. The van der Waals surface area contributed by atoms with E-state index in [1.807, 2.05) is 0 Å². The third kappa shape index (κ3) is 15.6. The molecule has 0 radical (unpaired) electrons. The van der Waals surface area contributed by atoms with Gasteiger partial charge in [-0.05, 0) is 51.5 Å². The SMILES string of the molecule is CCCCCCCCCCCCCCN(CC(=O)OC(C)(C)C)C(=O)C(N)CNC(=O)c1ccc(C(=O)O)cc1. The Bertz CT molecular complexity index is 911. The first-order valence-electron chi connectivity index (χ1n) is 14.8. The number of carbonyl (C=O) groups is 4. The van der Waals surface area contributed by atoms with Crippen LogP contribution in [0.1, 0.15) is 125 Å². The van der Waals surface area contributed by atoms with Gasteiger partial charge in [-0.25, -0.2) is 4.79 Å². The number of aromatic carboxylic acids is 1. The fraction of sp³-hybridized carbons (Fsp3) is 0.677. The molecule has 0 aliphatic heterocycles. The molecule has 1 rings (SSSR count). The molecule has 40 heavy (non-hydrogen) atoms. The average Bonchev–Trinajstić information content (AvgIpc) is 2.90. The summed E-state index contributed by atoms with van der Waals surface area (Å²) in [6.45, 7) is 7.60. The van der Waals surface area contributed by atoms with Gasteiger partial charge in [0.2, 0.25) is 5.91 Å². The van der Waals surface area contributed by atoms with E-state index in [4.69, 9.17) is 15.6 Å². The Morgan fingerprint density at radius 3 is 1.80 bits per heavy atom. The minimum atomic E-state index is -1.09. The van der Waals surface area contributed by atoms with Gasteiger partial charge in [0.15, 0.2) is 0 Å². The lowest BCUT2D eigenvalue weighted by Gasteiger charge is -2.27. The van der Waals surface area contributed by atoms with Crippen molar-refractivity contribution in [2.45, 2.75) is 116 Å². The first-order chi connectivity index (χ1) is 18.9. The topological polar surface area (TPSA) is 139 Å². The molecule has 0 saturated carbocycles. The fourth-order valence-electron chi connectivity index (χ4n) is 4.33. The number of nitrogens with zero attached hydrogens (tertiary/aromatic N) is 1. The summed E-state index contributed by atoms with van der Waals surface area (Å²) in [5.74, 6) is -2.50. The van der Waals surface area contributed by atoms with Crippen molar-refractivity contribution in [3.05, 3.63) is 35.4 Å². The monoisotopic (exact) mass is 561 g/mol. The van der Waals surface area contributed by atoms with Crippen LogP contribution in [0.15, 0.2) is 24.3 Å². The molecule has 0 aliphatic rings. The Hall–Kier alpha value is -2.94. The summed E-state index contributed by atoms with van der Waals surface area (Å²) in [4.78, 5) is 50.5. The van der Waals surface area contributed by atoms with Crippen molar-refractivity contribution >= 4 is 23.8 Å². The lowest BCUT2D eigenvalue weighted by atomic mass is 10.1. The van der Waals surface area contributed by atoms with Crippen LogP contribution in [0.25, 0.3) is 0 Å². The van der Waals surface area contributed by atoms with Crippen molar-refractivity contribution < 1.29 is 29.0 Å². The predicted molar refractivity (Wildman–Crippen MR) is 157 cm³/mol. The molecule has 1 unspecified atom stereocenters. The van der Waals surface area contributed by atoms with Crippen LogP contribution < -0.4 is 11.1 Å². The third-order valence-corrected chi connectivity index (χ3v) is 6.53. The minimum absolute atomic E-state index is 0.0685. The molecule has 9 nitrogen and oxygen atoms in total. The number of nitrogens with two attached hydrogens (primary N) is 1. The van der Waals surface area contributed by atoms with Gasteiger partial charge in [0.05, 0.1) is 5.56 Å². The summed E-state index contributed by atoms with van der Waals surface area (Å²) < 4.78 is 5.41. The second kappa shape index (κ2) is 19.2. The summed E-state index contributed by atoms with van der Waals surface area (Å²) in [6, 6.07) is 4.42. The second-order valence-electron chi connectivity index (χ2n) is 11.4. The van der Waals surface area contributed by atoms with Gasteiger partial charge >= 0.3 is 11.9 Å². The van der Waals surface area contributed by atoms with Crippen LogP contribution in [0, 0.1) is 0 Å². The molecule has 0 saturated heterocycles. The molecule has 0 aliphatic carbocycles. The third-order valence-electron chi connectivity index (χ3n) is 6.53. The van der Waals surface area contributed by atoms with Crippen LogP contribution in [0.2, 0.25) is 0 Å². The van der Waals surface area contributed by atoms with Gasteiger partial charge in [0.25, 0.3) is 5.91 Å². The Morgan fingerprint density at radius 1 is 0.850 bits per heavy atom. The predicted octanol–water partition coefficient (Wildman–Crippen LogP) is 5.31. The first kappa shape index (κ1) is 35.1. The Balaban J connectivity index is 2.53. The second-order valence-corrected chi connectivity index (χ2v) is 11.4. The molecule has 1 aromatic rings. The number of benzene rings is 1. The number of unbranched alkanes of at least 4 members (excludes halogenated alkanes) is 11. The van der Waals surface area contributed by atoms with Crippen molar-refractivity contribution in [2.75, 3.05) is 19.6 Å². The highest BCUT2D eigenvalue weighted by Gasteiger charge is 2.26. The van der Waals surface area contributed by atoms with Gasteiger partial charge < -0.3 is 25.8 Å². The summed E-state index contributed by atoms with van der Waals surface area (Å²) in [6.07, 6.45) is 14.3. The number of amides is 2. The van der Waals surface area contributed by atoms with Crippen molar-refractivity contribution in [1.82, 2.24) is 10.2 Å². The zero-order valence-electron chi connectivity index (χ0n) is 25.0. The number of carbonyl (C=O) groups excluding carboxylic acids is 3. The van der Waals surface area contributed by atoms with E-state index in [0.29, 0.717) is 6.54 Å². The highest BCUT2D eigenvalue weighted by Crippen LogP contribution is 2.13. The molecule has 0 spiro atoms. The van der Waals surface area contributed by atoms with E-state index in [-0.39, 0.29) is 24.2 Å². The molecule has 1 aromatic carbocycles. The summed E-state index contributed by atoms with van der Waals surface area (Å²) in [5, 5.41) is 11.6. The molecule has 0 heterocycles. The Kier molecular flexibility index (Phi) is 16.8. The Morgan fingerprint density at radius 2 is 1.32 bits per heavy atom. The quantitative estimate of drug-likeness (QED) is 0.145. The number of nitrogens with one attached hydrogen (secondary N) is 1. The van der Waals surface area contributed by atoms with E-state index < -0.39 is 35.4 Å². The zero-order chi connectivity index (χ0) is 30.0. The van der Waals surface area contributed by atoms with Crippen LogP contribution in [0.4, 0.5) is 0 Å². The number of hydrogen-bond acceptors (Lipinski definition) is 6. The van der Waals surface area contributed by atoms with Gasteiger partial charge in [0.1, 0.15) is 18.2 Å². The van der Waals surface area contributed by atoms with Crippen molar-refractivity contribution in [1.29, 1.82) is 0 Å². The molecule has 0 fully saturated rings. The molecule has 0 aromatic heterocycles. The fourth-order valence-corrected chi connectivity index (χ4v) is 4.33. The maximum atomic E-state index is 13.1. The average molecular weight is 562 g/mol. The van der Waals surface area contributed by atoms with E-state index in [1.165, 1.54) is 80.5 Å². The van der Waals surface area contributed by atoms with Crippen LogP contribution in [0.3, 0.4) is 0 Å². The number of rotatable bonds is 20. The van der Waals surface area contributed by atoms with E-state index in [1.54, 1.807) is 20.8 Å². The van der Waals surface area contributed by atoms with Crippen LogP contribution in [-0.2, 0) is 14.3 Å². The van der Waals surface area contributed by atoms with Crippen LogP contribution >= 0.6 is 0 Å². The van der Waals surface area contributed by atoms with Crippen LogP contribution in [0.5, 0.6) is 0 Å². The molecular weight excluding hydrogens is 510 g/mol. The van der Waals surface area contributed by atoms with E-state index in [9.17, 15) is 19.2 Å². The van der Waals surface area contributed by atoms with Crippen LogP contribution in [-0.4, -0.2) is 65.0 Å². The van der Waals surface area contributed by atoms with Crippen molar-refractivity contribution in [3.8, 4) is 0 Å². The number of hydrogen-bond donors (Lipinski definition) is 3. The van der Waals surface area contributed by atoms with Crippen molar-refractivity contribution in [2.24, 2.45) is 5.73 Å². The normalized spacial score (nSPS) is 12.0. The summed E-state index contributed by atoms with van der Waals surface area (Å²) >= 11 is 0. The van der Waals surface area contributed by atoms with Gasteiger partial charge in [-0.3, -0.25) is 14.4 Å². The molecule has 1 atom stereocenters. The van der Waals surface area contributed by atoms with Crippen molar-refractivity contribution in [3.63, 3.8) is 0 Å². The summed E-state index contributed by atoms with van der Waals surface area (Å²) in [7, 11) is 0. The standard InChI is InChI=1S/C31H51N3O6/c1-5-6-7-8-9-10-11-12-13-14-15-16-21-34(23-27(35)40-31(2,3)4)29(37)26(32)22-33-28(36)24-17-19-25(20-18-24)30(38)39/h17-20,26H,5-16,21-23,32H2,1-4H3,(H,33,36)(H,38,39). The Labute approximate surface area is 240 Å². The largest absolute Gasteiger partial charge is 0.478 e. The van der Waals surface area contributed by atoms with Gasteiger partial charge in [0, 0.05) is 18.7 Å². The lowest BCUT2D eigenvalue weighted by Crippen LogP contribution is -2.51. The number of carboxylic acids is 1. The molecule has 4 N–H and O–H groups in total. The molecular formula is C31H51N3O6. The lowest BCUT2D eigenvalue weighted by molar-refractivity contribution is -0.159. The van der Waals surface area contributed by atoms with E-state index in [0.717, 1.165) is 25.7 Å². The van der Waals surface area contributed by atoms with Gasteiger partial charge in [-0.1, -0.05) is 77.6 Å². The number of esters is 1. The zero-order valence-corrected chi connectivity index (χ0v) is 25.0. The molecule has 2 amide bonds. The highest BCUT2D eigenvalue weighted by molar-refractivity contribution is 5.96. The maximum Gasteiger partial charge on any atom is 0.335 e. The number of carboxylic acid groups (broad SMARTS) is 1. The highest BCUT2D eigenvalue weighted by atomic mass is 16.6. The van der Waals surface area contributed by atoms with E-state index >= 15 is 0 Å². The number of ether oxygens (including phenoxy) is 1. The molecule has 9 heteroatoms. The molecule has 226 valence electrons. The van der Waals surface area contributed by atoms with Gasteiger partial charge in [-0.15, -0.1) is 0 Å².